The molecule has 1 heterocycles. The number of hydrogen-bond donors (Lipinski definition) is 1. The van der Waals surface area contributed by atoms with Crippen LogP contribution in [0.4, 0.5) is 10.1 Å². The van der Waals surface area contributed by atoms with Gasteiger partial charge in [0.15, 0.2) is 0 Å². The van der Waals surface area contributed by atoms with Crippen molar-refractivity contribution in [1.29, 1.82) is 0 Å². The van der Waals surface area contributed by atoms with E-state index in [0.717, 1.165) is 17.0 Å². The first-order valence-electron chi connectivity index (χ1n) is 9.02. The maximum absolute atomic E-state index is 13.1. The molecule has 4 amide bonds. The second-order valence-electron chi connectivity index (χ2n) is 7.07. The van der Waals surface area contributed by atoms with Crippen molar-refractivity contribution in [3.05, 3.63) is 65.0 Å². The van der Waals surface area contributed by atoms with Crippen LogP contribution in [0.2, 0.25) is 0 Å². The number of carbonyl (C=O) groups excluding carboxylic acids is 4. The summed E-state index contributed by atoms with van der Waals surface area (Å²) in [5, 5.41) is 2.70. The highest BCUT2D eigenvalue weighted by atomic mass is 19.1. The number of imide groups is 1. The van der Waals surface area contributed by atoms with Crippen molar-refractivity contribution in [3.8, 4) is 0 Å². The molecule has 2 aromatic carbocycles. The molecule has 0 atom stereocenters. The molecule has 0 aliphatic carbocycles. The third-order valence-corrected chi connectivity index (χ3v) is 4.40. The number of likely N-dealkylation sites (N-methyl/N-ethyl adjacent to an activating group) is 1. The molecule has 0 spiro atoms. The fourth-order valence-electron chi connectivity index (χ4n) is 3.07. The number of rotatable bonds is 5. The zero-order valence-corrected chi connectivity index (χ0v) is 16.2. The highest BCUT2D eigenvalue weighted by Crippen LogP contribution is 2.29. The molecule has 1 aliphatic rings. The summed E-state index contributed by atoms with van der Waals surface area (Å²) in [7, 11) is 1.48. The molecule has 0 unspecified atom stereocenters. The van der Waals surface area contributed by atoms with Crippen LogP contribution in [0.25, 0.3) is 0 Å². The van der Waals surface area contributed by atoms with Crippen molar-refractivity contribution in [3.63, 3.8) is 0 Å². The van der Waals surface area contributed by atoms with Crippen LogP contribution in [0.15, 0.2) is 42.5 Å². The third-order valence-electron chi connectivity index (χ3n) is 4.40. The van der Waals surface area contributed by atoms with E-state index in [1.807, 2.05) is 13.8 Å². The van der Waals surface area contributed by atoms with Crippen LogP contribution in [-0.2, 0) is 4.79 Å². The second kappa shape index (κ2) is 7.83. The summed E-state index contributed by atoms with van der Waals surface area (Å²) < 4.78 is 13.1. The molecular formula is C21H20FN3O4. The summed E-state index contributed by atoms with van der Waals surface area (Å²) >= 11 is 0. The molecule has 0 fully saturated rings. The van der Waals surface area contributed by atoms with E-state index in [-0.39, 0.29) is 40.9 Å². The van der Waals surface area contributed by atoms with Gasteiger partial charge >= 0.3 is 0 Å². The Labute approximate surface area is 167 Å². The van der Waals surface area contributed by atoms with Gasteiger partial charge in [0.2, 0.25) is 5.91 Å². The Bertz CT molecular complexity index is 1000. The van der Waals surface area contributed by atoms with E-state index in [9.17, 15) is 23.6 Å². The molecule has 0 saturated carbocycles. The van der Waals surface area contributed by atoms with Crippen LogP contribution < -0.4 is 10.2 Å². The van der Waals surface area contributed by atoms with Gasteiger partial charge in [-0.3, -0.25) is 19.2 Å². The summed E-state index contributed by atoms with van der Waals surface area (Å²) in [4.78, 5) is 52.1. The molecule has 1 N–H and O–H groups in total. The quantitative estimate of drug-likeness (QED) is 0.784. The van der Waals surface area contributed by atoms with Gasteiger partial charge in [0, 0.05) is 18.7 Å². The SMILES string of the molecule is CC(C)NC(=O)CN(C)C(=O)c1ccc2c(c1)C(=O)N(c1ccc(F)cc1)C2=O. The van der Waals surface area contributed by atoms with Gasteiger partial charge in [-0.1, -0.05) is 0 Å². The summed E-state index contributed by atoms with van der Waals surface area (Å²) in [6.45, 7) is 3.49. The number of carbonyl (C=O) groups is 4. The van der Waals surface area contributed by atoms with E-state index < -0.39 is 23.5 Å². The lowest BCUT2D eigenvalue weighted by atomic mass is 10.0. The van der Waals surface area contributed by atoms with Crippen LogP contribution >= 0.6 is 0 Å². The van der Waals surface area contributed by atoms with Gasteiger partial charge in [0.25, 0.3) is 17.7 Å². The molecule has 150 valence electrons. The third kappa shape index (κ3) is 4.01. The van der Waals surface area contributed by atoms with Crippen LogP contribution in [0.3, 0.4) is 0 Å². The van der Waals surface area contributed by atoms with E-state index in [2.05, 4.69) is 5.32 Å². The maximum atomic E-state index is 13.1. The fraction of sp³-hybridized carbons (Fsp3) is 0.238. The average molecular weight is 397 g/mol. The number of fused-ring (bicyclic) bond motifs is 1. The monoisotopic (exact) mass is 397 g/mol. The molecule has 0 saturated heterocycles. The number of anilines is 1. The highest BCUT2D eigenvalue weighted by molar-refractivity contribution is 6.34. The van der Waals surface area contributed by atoms with Gasteiger partial charge in [-0.25, -0.2) is 9.29 Å². The van der Waals surface area contributed by atoms with Crippen molar-refractivity contribution >= 4 is 29.3 Å². The standard InChI is InChI=1S/C21H20FN3O4/c1-12(2)23-18(26)11-24(3)19(27)13-4-9-16-17(10-13)21(29)25(20(16)28)15-7-5-14(22)6-8-15/h4-10,12H,11H2,1-3H3,(H,23,26). The fourth-order valence-corrected chi connectivity index (χ4v) is 3.07. The Morgan fingerprint density at radius 3 is 2.28 bits per heavy atom. The largest absolute Gasteiger partial charge is 0.352 e. The molecule has 8 heteroatoms. The minimum Gasteiger partial charge on any atom is -0.352 e. The molecule has 3 rings (SSSR count). The topological polar surface area (TPSA) is 86.8 Å². The van der Waals surface area contributed by atoms with Crippen molar-refractivity contribution in [2.45, 2.75) is 19.9 Å². The van der Waals surface area contributed by atoms with Crippen molar-refractivity contribution in [2.24, 2.45) is 0 Å². The average Bonchev–Trinajstić information content (AvgIpc) is 2.91. The first-order valence-corrected chi connectivity index (χ1v) is 9.02. The predicted octanol–water partition coefficient (Wildman–Crippen LogP) is 2.22. The summed E-state index contributed by atoms with van der Waals surface area (Å²) in [5.41, 5.74) is 0.681. The molecule has 29 heavy (non-hydrogen) atoms. The van der Waals surface area contributed by atoms with Crippen LogP contribution in [0, 0.1) is 5.82 Å². The summed E-state index contributed by atoms with van der Waals surface area (Å²) in [5.74, 6) is -2.37. The zero-order valence-electron chi connectivity index (χ0n) is 16.2. The van der Waals surface area contributed by atoms with Crippen molar-refractivity contribution in [2.75, 3.05) is 18.5 Å². The van der Waals surface area contributed by atoms with Gasteiger partial charge in [-0.2, -0.15) is 0 Å². The van der Waals surface area contributed by atoms with E-state index in [1.165, 1.54) is 42.3 Å². The van der Waals surface area contributed by atoms with Gasteiger partial charge in [-0.05, 0) is 56.3 Å². The minimum atomic E-state index is -0.591. The van der Waals surface area contributed by atoms with Gasteiger partial charge in [-0.15, -0.1) is 0 Å². The van der Waals surface area contributed by atoms with Crippen LogP contribution in [0.1, 0.15) is 44.9 Å². The molecule has 0 aromatic heterocycles. The van der Waals surface area contributed by atoms with E-state index in [0.29, 0.717) is 0 Å². The number of nitrogens with zero attached hydrogens (tertiary/aromatic N) is 2. The second-order valence-corrected chi connectivity index (χ2v) is 7.07. The Morgan fingerprint density at radius 2 is 1.66 bits per heavy atom. The van der Waals surface area contributed by atoms with Crippen molar-refractivity contribution in [1.82, 2.24) is 10.2 Å². The zero-order chi connectivity index (χ0) is 21.3. The number of halogens is 1. The molecule has 7 nitrogen and oxygen atoms in total. The Hall–Kier alpha value is -3.55. The first kappa shape index (κ1) is 20.2. The predicted molar refractivity (Wildman–Crippen MR) is 104 cm³/mol. The van der Waals surface area contributed by atoms with Crippen LogP contribution in [0.5, 0.6) is 0 Å². The Morgan fingerprint density at radius 1 is 1.03 bits per heavy atom. The minimum absolute atomic E-state index is 0.0490. The number of amides is 4. The van der Waals surface area contributed by atoms with E-state index >= 15 is 0 Å². The van der Waals surface area contributed by atoms with E-state index in [4.69, 9.17) is 0 Å². The lowest BCUT2D eigenvalue weighted by molar-refractivity contribution is -0.122. The molecule has 0 radical (unpaired) electrons. The normalized spacial score (nSPS) is 12.9. The van der Waals surface area contributed by atoms with Crippen molar-refractivity contribution < 1.29 is 23.6 Å². The Kier molecular flexibility index (Phi) is 5.45. The van der Waals surface area contributed by atoms with Gasteiger partial charge in [0.1, 0.15) is 5.82 Å². The highest BCUT2D eigenvalue weighted by Gasteiger charge is 2.37. The number of hydrogen-bond acceptors (Lipinski definition) is 4. The van der Waals surface area contributed by atoms with Gasteiger partial charge < -0.3 is 10.2 Å². The Balaban J connectivity index is 1.83. The molecular weight excluding hydrogens is 377 g/mol. The van der Waals surface area contributed by atoms with E-state index in [1.54, 1.807) is 0 Å². The summed E-state index contributed by atoms with van der Waals surface area (Å²) in [6, 6.07) is 9.14. The lowest BCUT2D eigenvalue weighted by Crippen LogP contribution is -2.40. The summed E-state index contributed by atoms with van der Waals surface area (Å²) in [6.07, 6.45) is 0. The van der Waals surface area contributed by atoms with Crippen LogP contribution in [-0.4, -0.2) is 48.2 Å². The first-order chi connectivity index (χ1) is 13.7. The smallest absolute Gasteiger partial charge is 0.266 e. The lowest BCUT2D eigenvalue weighted by Gasteiger charge is -2.18. The molecule has 0 bridgehead atoms. The molecule has 1 aliphatic heterocycles. The molecule has 2 aromatic rings. The number of nitrogens with one attached hydrogen (secondary N) is 1. The maximum Gasteiger partial charge on any atom is 0.266 e. The number of benzene rings is 2. The van der Waals surface area contributed by atoms with Gasteiger partial charge in [0.05, 0.1) is 23.4 Å².